The van der Waals surface area contributed by atoms with Crippen molar-refractivity contribution in [2.45, 2.75) is 31.2 Å². The summed E-state index contributed by atoms with van der Waals surface area (Å²) in [6.07, 6.45) is 0.808. The normalized spacial score (nSPS) is 20.3. The second-order valence-electron chi connectivity index (χ2n) is 5.21. The lowest BCUT2D eigenvalue weighted by Gasteiger charge is -2.26. The van der Waals surface area contributed by atoms with Crippen molar-refractivity contribution in [2.24, 2.45) is 0 Å². The van der Waals surface area contributed by atoms with Gasteiger partial charge in [-0.1, -0.05) is 13.8 Å². The van der Waals surface area contributed by atoms with Gasteiger partial charge in [-0.15, -0.1) is 0 Å². The highest BCUT2D eigenvalue weighted by Gasteiger charge is 2.35. The third-order valence-corrected chi connectivity index (χ3v) is 5.98. The predicted octanol–water partition coefficient (Wildman–Crippen LogP) is 1.51. The first kappa shape index (κ1) is 16.2. The van der Waals surface area contributed by atoms with Crippen LogP contribution >= 0.6 is 0 Å². The van der Waals surface area contributed by atoms with Gasteiger partial charge in [-0.05, 0) is 37.7 Å². The highest BCUT2D eigenvalue weighted by Crippen LogP contribution is 2.27. The summed E-state index contributed by atoms with van der Waals surface area (Å²) < 4.78 is 39.8. The average molecular weight is 315 g/mol. The Morgan fingerprint density at radius 1 is 1.38 bits per heavy atom. The van der Waals surface area contributed by atoms with Crippen LogP contribution in [0.4, 0.5) is 10.1 Å². The van der Waals surface area contributed by atoms with Gasteiger partial charge >= 0.3 is 0 Å². The van der Waals surface area contributed by atoms with E-state index in [1.165, 1.54) is 10.4 Å². The van der Waals surface area contributed by atoms with E-state index in [0.717, 1.165) is 31.6 Å². The van der Waals surface area contributed by atoms with Crippen LogP contribution in [-0.4, -0.2) is 49.8 Å². The number of rotatable bonds is 5. The van der Waals surface area contributed by atoms with Gasteiger partial charge in [0.15, 0.2) is 0 Å². The van der Waals surface area contributed by atoms with Crippen molar-refractivity contribution in [3.05, 3.63) is 24.0 Å². The molecule has 1 aliphatic heterocycles. The van der Waals surface area contributed by atoms with E-state index < -0.39 is 15.8 Å². The van der Waals surface area contributed by atoms with Gasteiger partial charge < -0.3 is 5.73 Å². The zero-order valence-electron chi connectivity index (χ0n) is 12.4. The standard InChI is InChI=1S/C14H22FN3O2S/c1-3-17(4-2)12-7-8-18(10-12)21(19,20)14-6-5-11(15)9-13(14)16/h5-6,9,12H,3-4,7-8,10,16H2,1-2H3. The van der Waals surface area contributed by atoms with Gasteiger partial charge in [-0.3, -0.25) is 4.90 Å². The molecule has 0 amide bonds. The minimum atomic E-state index is -3.65. The van der Waals surface area contributed by atoms with Crippen LogP contribution < -0.4 is 5.73 Å². The van der Waals surface area contributed by atoms with Gasteiger partial charge in [0.25, 0.3) is 0 Å². The predicted molar refractivity (Wildman–Crippen MR) is 80.9 cm³/mol. The second-order valence-corrected chi connectivity index (χ2v) is 7.12. The van der Waals surface area contributed by atoms with Crippen molar-refractivity contribution in [3.63, 3.8) is 0 Å². The molecule has 2 rings (SSSR count). The van der Waals surface area contributed by atoms with Crippen LogP contribution in [0.1, 0.15) is 20.3 Å². The lowest BCUT2D eigenvalue weighted by Crippen LogP contribution is -2.38. The Morgan fingerprint density at radius 3 is 2.62 bits per heavy atom. The summed E-state index contributed by atoms with van der Waals surface area (Å²) in [7, 11) is -3.65. The Labute approximate surface area is 125 Å². The first-order valence-corrected chi connectivity index (χ1v) is 8.63. The molecule has 1 heterocycles. The molecule has 0 radical (unpaired) electrons. The summed E-state index contributed by atoms with van der Waals surface area (Å²) >= 11 is 0. The fraction of sp³-hybridized carbons (Fsp3) is 0.571. The number of halogens is 1. The maximum absolute atomic E-state index is 13.1. The highest BCUT2D eigenvalue weighted by molar-refractivity contribution is 7.89. The number of benzene rings is 1. The van der Waals surface area contributed by atoms with E-state index in [0.29, 0.717) is 13.1 Å². The van der Waals surface area contributed by atoms with Crippen LogP contribution in [0.2, 0.25) is 0 Å². The SMILES string of the molecule is CCN(CC)C1CCN(S(=O)(=O)c2ccc(F)cc2N)C1. The summed E-state index contributed by atoms with van der Waals surface area (Å²) in [4.78, 5) is 2.24. The largest absolute Gasteiger partial charge is 0.398 e. The van der Waals surface area contributed by atoms with E-state index in [-0.39, 0.29) is 16.6 Å². The van der Waals surface area contributed by atoms with Gasteiger partial charge in [0.05, 0.1) is 5.69 Å². The minimum absolute atomic E-state index is 0.0101. The van der Waals surface area contributed by atoms with Crippen molar-refractivity contribution in [2.75, 3.05) is 31.9 Å². The molecule has 0 aromatic heterocycles. The van der Waals surface area contributed by atoms with Crippen LogP contribution in [0.15, 0.2) is 23.1 Å². The summed E-state index contributed by atoms with van der Waals surface area (Å²) in [6.45, 7) is 6.86. The zero-order chi connectivity index (χ0) is 15.6. The van der Waals surface area contributed by atoms with Crippen molar-refractivity contribution >= 4 is 15.7 Å². The first-order valence-electron chi connectivity index (χ1n) is 7.19. The van der Waals surface area contributed by atoms with Crippen molar-refractivity contribution in [3.8, 4) is 0 Å². The van der Waals surface area contributed by atoms with Gasteiger partial charge in [0.1, 0.15) is 10.7 Å². The number of hydrogen-bond donors (Lipinski definition) is 1. The van der Waals surface area contributed by atoms with Crippen LogP contribution in [0, 0.1) is 5.82 Å². The molecule has 1 unspecified atom stereocenters. The molecule has 1 saturated heterocycles. The van der Waals surface area contributed by atoms with E-state index in [4.69, 9.17) is 5.73 Å². The van der Waals surface area contributed by atoms with E-state index in [9.17, 15) is 12.8 Å². The molecular weight excluding hydrogens is 293 g/mol. The molecule has 1 fully saturated rings. The maximum Gasteiger partial charge on any atom is 0.245 e. The van der Waals surface area contributed by atoms with Crippen LogP contribution in [-0.2, 0) is 10.0 Å². The molecule has 1 aromatic rings. The van der Waals surface area contributed by atoms with Crippen molar-refractivity contribution < 1.29 is 12.8 Å². The Balaban J connectivity index is 2.22. The number of hydrogen-bond acceptors (Lipinski definition) is 4. The van der Waals surface area contributed by atoms with Crippen LogP contribution in [0.25, 0.3) is 0 Å². The third kappa shape index (κ3) is 3.20. The Bertz CT molecular complexity index is 602. The minimum Gasteiger partial charge on any atom is -0.398 e. The van der Waals surface area contributed by atoms with Gasteiger partial charge in [-0.2, -0.15) is 4.31 Å². The smallest absolute Gasteiger partial charge is 0.245 e. The molecule has 0 saturated carbocycles. The molecule has 118 valence electrons. The Hall–Kier alpha value is -1.18. The monoisotopic (exact) mass is 315 g/mol. The number of likely N-dealkylation sites (N-methyl/N-ethyl adjacent to an activating group) is 1. The zero-order valence-corrected chi connectivity index (χ0v) is 13.2. The molecule has 0 bridgehead atoms. The van der Waals surface area contributed by atoms with Gasteiger partial charge in [0, 0.05) is 19.1 Å². The lowest BCUT2D eigenvalue weighted by atomic mass is 10.2. The number of nitrogen functional groups attached to an aromatic ring is 1. The van der Waals surface area contributed by atoms with E-state index in [1.807, 2.05) is 0 Å². The first-order chi connectivity index (χ1) is 9.90. The van der Waals surface area contributed by atoms with Gasteiger partial charge in [-0.25, -0.2) is 12.8 Å². The average Bonchev–Trinajstić information content (AvgIpc) is 2.90. The molecule has 2 N–H and O–H groups in total. The highest BCUT2D eigenvalue weighted by atomic mass is 32.2. The fourth-order valence-corrected chi connectivity index (χ4v) is 4.45. The number of anilines is 1. The molecule has 1 aliphatic rings. The van der Waals surface area contributed by atoms with Crippen LogP contribution in [0.5, 0.6) is 0 Å². The quantitative estimate of drug-likeness (QED) is 0.837. The van der Waals surface area contributed by atoms with Crippen molar-refractivity contribution in [1.82, 2.24) is 9.21 Å². The molecular formula is C14H22FN3O2S. The number of nitrogens with zero attached hydrogens (tertiary/aromatic N) is 2. The summed E-state index contributed by atoms with van der Waals surface area (Å²) in [5.74, 6) is -0.533. The fourth-order valence-electron chi connectivity index (χ4n) is 2.86. The van der Waals surface area contributed by atoms with Crippen molar-refractivity contribution in [1.29, 1.82) is 0 Å². The number of nitrogens with two attached hydrogens (primary N) is 1. The molecule has 0 aliphatic carbocycles. The molecule has 5 nitrogen and oxygen atoms in total. The molecule has 21 heavy (non-hydrogen) atoms. The van der Waals surface area contributed by atoms with E-state index >= 15 is 0 Å². The third-order valence-electron chi connectivity index (χ3n) is 4.04. The summed E-state index contributed by atoms with van der Waals surface area (Å²) in [5, 5.41) is 0. The topological polar surface area (TPSA) is 66.6 Å². The summed E-state index contributed by atoms with van der Waals surface area (Å²) in [5.41, 5.74) is 5.63. The second kappa shape index (κ2) is 6.29. The summed E-state index contributed by atoms with van der Waals surface area (Å²) in [6, 6.07) is 3.65. The molecule has 7 heteroatoms. The van der Waals surface area contributed by atoms with E-state index in [1.54, 1.807) is 0 Å². The lowest BCUT2D eigenvalue weighted by molar-refractivity contribution is 0.224. The van der Waals surface area contributed by atoms with Gasteiger partial charge in [0.2, 0.25) is 10.0 Å². The Kier molecular flexibility index (Phi) is 4.85. The molecule has 0 spiro atoms. The maximum atomic E-state index is 13.1. The van der Waals surface area contributed by atoms with Crippen LogP contribution in [0.3, 0.4) is 0 Å². The van der Waals surface area contributed by atoms with E-state index in [2.05, 4.69) is 18.7 Å². The number of sulfonamides is 1. The Morgan fingerprint density at radius 2 is 2.05 bits per heavy atom. The molecule has 1 aromatic carbocycles. The molecule has 1 atom stereocenters.